The van der Waals surface area contributed by atoms with Crippen LogP contribution in [0.1, 0.15) is 24.2 Å². The number of benzene rings is 1. The van der Waals surface area contributed by atoms with Gasteiger partial charge in [-0.3, -0.25) is 4.79 Å². The number of aromatic amines is 1. The second-order valence-corrected chi connectivity index (χ2v) is 5.14. The highest BCUT2D eigenvalue weighted by Crippen LogP contribution is 2.14. The molecule has 2 rings (SSSR count). The lowest BCUT2D eigenvalue weighted by Gasteiger charge is -2.21. The SMILES string of the molecule is CC(C)(CO)CNC(=O)c1ccc2nc[nH]c2c1. The Morgan fingerprint density at radius 3 is 3.00 bits per heavy atom. The fourth-order valence-electron chi connectivity index (χ4n) is 1.55. The molecule has 0 bridgehead atoms. The van der Waals surface area contributed by atoms with Crippen LogP contribution in [-0.4, -0.2) is 34.1 Å². The Kier molecular flexibility index (Phi) is 3.34. The Hall–Kier alpha value is -1.88. The second kappa shape index (κ2) is 4.78. The van der Waals surface area contributed by atoms with E-state index in [9.17, 15) is 4.79 Å². The molecule has 1 aromatic carbocycles. The summed E-state index contributed by atoms with van der Waals surface area (Å²) >= 11 is 0. The van der Waals surface area contributed by atoms with Gasteiger partial charge in [-0.15, -0.1) is 0 Å². The third-order valence-electron chi connectivity index (χ3n) is 2.84. The van der Waals surface area contributed by atoms with E-state index in [1.54, 1.807) is 24.5 Å². The Morgan fingerprint density at radius 2 is 2.28 bits per heavy atom. The number of aromatic nitrogens is 2. The molecule has 0 aliphatic carbocycles. The molecule has 0 atom stereocenters. The van der Waals surface area contributed by atoms with E-state index in [0.717, 1.165) is 11.0 Å². The minimum Gasteiger partial charge on any atom is -0.396 e. The lowest BCUT2D eigenvalue weighted by atomic mass is 9.95. The maximum Gasteiger partial charge on any atom is 0.251 e. The van der Waals surface area contributed by atoms with Gasteiger partial charge >= 0.3 is 0 Å². The number of nitrogens with zero attached hydrogens (tertiary/aromatic N) is 1. The smallest absolute Gasteiger partial charge is 0.251 e. The zero-order valence-corrected chi connectivity index (χ0v) is 10.5. The molecule has 3 N–H and O–H groups in total. The molecule has 0 saturated carbocycles. The predicted molar refractivity (Wildman–Crippen MR) is 69.3 cm³/mol. The minimum atomic E-state index is -0.312. The second-order valence-electron chi connectivity index (χ2n) is 5.14. The van der Waals surface area contributed by atoms with Crippen LogP contribution >= 0.6 is 0 Å². The molecule has 0 aliphatic heterocycles. The lowest BCUT2D eigenvalue weighted by Crippen LogP contribution is -2.36. The Morgan fingerprint density at radius 1 is 1.50 bits per heavy atom. The number of carbonyl (C=O) groups excluding carboxylic acids is 1. The lowest BCUT2D eigenvalue weighted by molar-refractivity contribution is 0.0911. The van der Waals surface area contributed by atoms with Crippen LogP contribution in [0.15, 0.2) is 24.5 Å². The molecule has 0 unspecified atom stereocenters. The van der Waals surface area contributed by atoms with Gasteiger partial charge in [0, 0.05) is 24.1 Å². The highest BCUT2D eigenvalue weighted by molar-refractivity contribution is 5.97. The molecule has 1 heterocycles. The Balaban J connectivity index is 2.08. The highest BCUT2D eigenvalue weighted by Gasteiger charge is 2.18. The predicted octanol–water partition coefficient (Wildman–Crippen LogP) is 1.31. The van der Waals surface area contributed by atoms with Crippen molar-refractivity contribution in [3.63, 3.8) is 0 Å². The monoisotopic (exact) mass is 247 g/mol. The molecule has 1 aromatic heterocycles. The first-order valence-electron chi connectivity index (χ1n) is 5.84. The van der Waals surface area contributed by atoms with E-state index in [1.807, 2.05) is 13.8 Å². The van der Waals surface area contributed by atoms with Crippen molar-refractivity contribution in [3.05, 3.63) is 30.1 Å². The van der Waals surface area contributed by atoms with Gasteiger partial charge in [-0.25, -0.2) is 4.98 Å². The van der Waals surface area contributed by atoms with E-state index in [2.05, 4.69) is 15.3 Å². The van der Waals surface area contributed by atoms with Crippen LogP contribution in [0.3, 0.4) is 0 Å². The number of nitrogens with one attached hydrogen (secondary N) is 2. The van der Waals surface area contributed by atoms with Gasteiger partial charge in [-0.05, 0) is 18.2 Å². The summed E-state index contributed by atoms with van der Waals surface area (Å²) in [7, 11) is 0. The molecule has 0 fully saturated rings. The largest absolute Gasteiger partial charge is 0.396 e. The van der Waals surface area contributed by atoms with Gasteiger partial charge in [0.05, 0.1) is 17.4 Å². The fourth-order valence-corrected chi connectivity index (χ4v) is 1.55. The summed E-state index contributed by atoms with van der Waals surface area (Å²) in [6.45, 7) is 4.26. The first-order valence-corrected chi connectivity index (χ1v) is 5.84. The number of carbonyl (C=O) groups is 1. The zero-order valence-electron chi connectivity index (χ0n) is 10.5. The number of hydrogen-bond donors (Lipinski definition) is 3. The van der Waals surface area contributed by atoms with Crippen LogP contribution in [0.2, 0.25) is 0 Å². The van der Waals surface area contributed by atoms with Crippen LogP contribution in [0.4, 0.5) is 0 Å². The topological polar surface area (TPSA) is 78.0 Å². The number of aliphatic hydroxyl groups excluding tert-OH is 1. The van der Waals surface area contributed by atoms with Crippen molar-refractivity contribution >= 4 is 16.9 Å². The number of H-pyrrole nitrogens is 1. The Labute approximate surface area is 105 Å². The van der Waals surface area contributed by atoms with Crippen molar-refractivity contribution < 1.29 is 9.90 Å². The molecule has 0 saturated heterocycles. The summed E-state index contributed by atoms with van der Waals surface area (Å²) in [5, 5.41) is 11.9. The number of hydrogen-bond acceptors (Lipinski definition) is 3. The standard InChI is InChI=1S/C13H17N3O2/c1-13(2,7-17)6-14-12(18)9-3-4-10-11(5-9)16-8-15-10/h3-5,8,17H,6-7H2,1-2H3,(H,14,18)(H,15,16). The van der Waals surface area contributed by atoms with Crippen molar-refractivity contribution in [2.45, 2.75) is 13.8 Å². The molecule has 0 spiro atoms. The minimum absolute atomic E-state index is 0.0346. The van der Waals surface area contributed by atoms with Gasteiger partial charge in [0.25, 0.3) is 5.91 Å². The van der Waals surface area contributed by atoms with Gasteiger partial charge < -0.3 is 15.4 Å². The number of fused-ring (bicyclic) bond motifs is 1. The quantitative estimate of drug-likeness (QED) is 0.762. The Bertz CT molecular complexity index is 560. The summed E-state index contributed by atoms with van der Waals surface area (Å²) in [6.07, 6.45) is 1.60. The zero-order chi connectivity index (χ0) is 13.2. The van der Waals surface area contributed by atoms with Crippen LogP contribution < -0.4 is 5.32 Å². The summed E-state index contributed by atoms with van der Waals surface area (Å²) in [5.41, 5.74) is 1.94. The van der Waals surface area contributed by atoms with Gasteiger partial charge in [0.1, 0.15) is 0 Å². The number of imidazole rings is 1. The summed E-state index contributed by atoms with van der Waals surface area (Å²) in [6, 6.07) is 5.31. The molecule has 1 amide bonds. The highest BCUT2D eigenvalue weighted by atomic mass is 16.3. The van der Waals surface area contributed by atoms with E-state index in [0.29, 0.717) is 12.1 Å². The van der Waals surface area contributed by atoms with E-state index in [-0.39, 0.29) is 17.9 Å². The van der Waals surface area contributed by atoms with E-state index >= 15 is 0 Å². The van der Waals surface area contributed by atoms with Crippen molar-refractivity contribution in [1.82, 2.24) is 15.3 Å². The van der Waals surface area contributed by atoms with Crippen LogP contribution in [0.25, 0.3) is 11.0 Å². The van der Waals surface area contributed by atoms with Crippen LogP contribution in [-0.2, 0) is 0 Å². The van der Waals surface area contributed by atoms with E-state index in [4.69, 9.17) is 5.11 Å². The first-order chi connectivity index (χ1) is 8.52. The van der Waals surface area contributed by atoms with Crippen LogP contribution in [0.5, 0.6) is 0 Å². The normalized spacial score (nSPS) is 11.7. The van der Waals surface area contributed by atoms with Gasteiger partial charge in [0.2, 0.25) is 0 Å². The van der Waals surface area contributed by atoms with Crippen molar-refractivity contribution in [2.24, 2.45) is 5.41 Å². The summed E-state index contributed by atoms with van der Waals surface area (Å²) in [5.74, 6) is -0.145. The first kappa shape index (κ1) is 12.6. The van der Waals surface area contributed by atoms with E-state index in [1.165, 1.54) is 0 Å². The molecule has 0 aliphatic rings. The number of aliphatic hydroxyl groups is 1. The number of amides is 1. The van der Waals surface area contributed by atoms with Gasteiger partial charge in [0.15, 0.2) is 0 Å². The van der Waals surface area contributed by atoms with Crippen LogP contribution in [0, 0.1) is 5.41 Å². The van der Waals surface area contributed by atoms with E-state index < -0.39 is 0 Å². The third kappa shape index (κ3) is 2.68. The fraction of sp³-hybridized carbons (Fsp3) is 0.385. The average Bonchev–Trinajstić information content (AvgIpc) is 2.83. The maximum absolute atomic E-state index is 11.9. The molecule has 5 heteroatoms. The van der Waals surface area contributed by atoms with Crippen molar-refractivity contribution in [1.29, 1.82) is 0 Å². The molecule has 0 radical (unpaired) electrons. The molecular weight excluding hydrogens is 230 g/mol. The van der Waals surface area contributed by atoms with Crippen molar-refractivity contribution in [2.75, 3.05) is 13.2 Å². The maximum atomic E-state index is 11.9. The van der Waals surface area contributed by atoms with Gasteiger partial charge in [-0.2, -0.15) is 0 Å². The molecular formula is C13H17N3O2. The van der Waals surface area contributed by atoms with Crippen molar-refractivity contribution in [3.8, 4) is 0 Å². The summed E-state index contributed by atoms with van der Waals surface area (Å²) < 4.78 is 0. The average molecular weight is 247 g/mol. The molecule has 96 valence electrons. The number of rotatable bonds is 4. The third-order valence-corrected chi connectivity index (χ3v) is 2.84. The van der Waals surface area contributed by atoms with Gasteiger partial charge in [-0.1, -0.05) is 13.8 Å². The molecule has 2 aromatic rings. The summed E-state index contributed by atoms with van der Waals surface area (Å²) in [4.78, 5) is 19.0. The molecule has 5 nitrogen and oxygen atoms in total. The molecule has 18 heavy (non-hydrogen) atoms.